The van der Waals surface area contributed by atoms with Crippen LogP contribution in [-0.4, -0.2) is 32.3 Å². The minimum absolute atomic E-state index is 0.154. The van der Waals surface area contributed by atoms with Gasteiger partial charge in [-0.2, -0.15) is 0 Å². The van der Waals surface area contributed by atoms with E-state index in [2.05, 4.69) is 29.6 Å². The van der Waals surface area contributed by atoms with Crippen LogP contribution in [0.2, 0.25) is 0 Å². The van der Waals surface area contributed by atoms with Crippen LogP contribution in [0.4, 0.5) is 0 Å². The standard InChI is InChI=1S/C22H26N2O3/c25-22(23-11-8-17-4-2-1-3-5-17)19-9-12-24(13-10-19)15-18-6-7-20-21(14-18)27-16-26-20/h1-7,14,19H,8-13,15-16H2,(H,23,25)/p+1. The van der Waals surface area contributed by atoms with Crippen LogP contribution >= 0.6 is 0 Å². The molecular formula is C22H27N2O3+. The second-order valence-electron chi connectivity index (χ2n) is 7.42. The molecule has 2 heterocycles. The molecule has 4 rings (SSSR count). The van der Waals surface area contributed by atoms with Gasteiger partial charge in [-0.15, -0.1) is 0 Å². The van der Waals surface area contributed by atoms with Crippen LogP contribution in [0.25, 0.3) is 0 Å². The van der Waals surface area contributed by atoms with E-state index in [9.17, 15) is 4.79 Å². The predicted octanol–water partition coefficient (Wildman–Crippen LogP) is 1.57. The van der Waals surface area contributed by atoms with Crippen molar-refractivity contribution in [3.63, 3.8) is 0 Å². The summed E-state index contributed by atoms with van der Waals surface area (Å²) in [5, 5.41) is 3.12. The first-order valence-corrected chi connectivity index (χ1v) is 9.81. The zero-order chi connectivity index (χ0) is 18.5. The van der Waals surface area contributed by atoms with Crippen molar-refractivity contribution >= 4 is 5.91 Å². The summed E-state index contributed by atoms with van der Waals surface area (Å²) in [5.41, 5.74) is 2.53. The Kier molecular flexibility index (Phi) is 5.58. The lowest BCUT2D eigenvalue weighted by molar-refractivity contribution is -0.919. The molecule has 1 amide bonds. The lowest BCUT2D eigenvalue weighted by Crippen LogP contribution is -3.11. The summed E-state index contributed by atoms with van der Waals surface area (Å²) in [6, 6.07) is 16.5. The van der Waals surface area contributed by atoms with Gasteiger partial charge in [0.2, 0.25) is 12.7 Å². The van der Waals surface area contributed by atoms with Crippen molar-refractivity contribution in [2.24, 2.45) is 5.92 Å². The minimum Gasteiger partial charge on any atom is -0.454 e. The first-order valence-electron chi connectivity index (χ1n) is 9.81. The number of fused-ring (bicyclic) bond motifs is 1. The van der Waals surface area contributed by atoms with E-state index >= 15 is 0 Å². The van der Waals surface area contributed by atoms with E-state index in [4.69, 9.17) is 9.47 Å². The summed E-state index contributed by atoms with van der Waals surface area (Å²) in [5.74, 6) is 2.05. The summed E-state index contributed by atoms with van der Waals surface area (Å²) in [4.78, 5) is 14.0. The number of likely N-dealkylation sites (tertiary alicyclic amines) is 1. The fraction of sp³-hybridized carbons (Fsp3) is 0.409. The van der Waals surface area contributed by atoms with Crippen LogP contribution in [0.1, 0.15) is 24.0 Å². The highest BCUT2D eigenvalue weighted by Crippen LogP contribution is 2.32. The first-order chi connectivity index (χ1) is 13.3. The van der Waals surface area contributed by atoms with Crippen molar-refractivity contribution in [1.29, 1.82) is 0 Å². The fourth-order valence-electron chi connectivity index (χ4n) is 3.92. The molecule has 2 aromatic carbocycles. The topological polar surface area (TPSA) is 52.0 Å². The Labute approximate surface area is 160 Å². The van der Waals surface area contributed by atoms with Crippen LogP contribution in [0.3, 0.4) is 0 Å². The van der Waals surface area contributed by atoms with Crippen molar-refractivity contribution in [3.8, 4) is 11.5 Å². The number of rotatable bonds is 6. The molecule has 0 aliphatic carbocycles. The monoisotopic (exact) mass is 367 g/mol. The predicted molar refractivity (Wildman–Crippen MR) is 103 cm³/mol. The average Bonchev–Trinajstić information content (AvgIpc) is 3.17. The fourth-order valence-corrected chi connectivity index (χ4v) is 3.92. The summed E-state index contributed by atoms with van der Waals surface area (Å²) in [6.07, 6.45) is 2.80. The number of quaternary nitrogens is 1. The summed E-state index contributed by atoms with van der Waals surface area (Å²) in [7, 11) is 0. The van der Waals surface area contributed by atoms with Crippen LogP contribution in [0.15, 0.2) is 48.5 Å². The maximum atomic E-state index is 12.4. The van der Waals surface area contributed by atoms with Gasteiger partial charge < -0.3 is 19.7 Å². The zero-order valence-electron chi connectivity index (χ0n) is 15.6. The van der Waals surface area contributed by atoms with Gasteiger partial charge in [-0.05, 0) is 30.2 Å². The molecule has 0 spiro atoms. The van der Waals surface area contributed by atoms with Gasteiger partial charge in [0.25, 0.3) is 0 Å². The van der Waals surface area contributed by atoms with E-state index in [1.807, 2.05) is 24.3 Å². The number of carbonyl (C=O) groups excluding carboxylic acids is 1. The molecule has 0 unspecified atom stereocenters. The van der Waals surface area contributed by atoms with Crippen molar-refractivity contribution in [3.05, 3.63) is 59.7 Å². The Balaban J connectivity index is 1.20. The van der Waals surface area contributed by atoms with E-state index < -0.39 is 0 Å². The van der Waals surface area contributed by atoms with Crippen LogP contribution < -0.4 is 19.7 Å². The van der Waals surface area contributed by atoms with E-state index in [0.717, 1.165) is 50.4 Å². The molecule has 27 heavy (non-hydrogen) atoms. The molecule has 0 atom stereocenters. The SMILES string of the molecule is O=C(NCCc1ccccc1)C1CC[NH+](Cc2ccc3c(c2)OCO3)CC1. The number of amides is 1. The van der Waals surface area contributed by atoms with Gasteiger partial charge in [0.1, 0.15) is 6.54 Å². The van der Waals surface area contributed by atoms with Gasteiger partial charge in [-0.1, -0.05) is 30.3 Å². The third-order valence-corrected chi connectivity index (χ3v) is 5.51. The third-order valence-electron chi connectivity index (χ3n) is 5.51. The molecule has 2 aliphatic heterocycles. The molecule has 0 saturated carbocycles. The van der Waals surface area contributed by atoms with E-state index in [1.54, 1.807) is 0 Å². The quantitative estimate of drug-likeness (QED) is 0.815. The molecule has 0 bridgehead atoms. The molecule has 5 heteroatoms. The van der Waals surface area contributed by atoms with E-state index in [-0.39, 0.29) is 11.8 Å². The molecule has 1 saturated heterocycles. The second-order valence-corrected chi connectivity index (χ2v) is 7.42. The van der Waals surface area contributed by atoms with Crippen LogP contribution in [0.5, 0.6) is 11.5 Å². The van der Waals surface area contributed by atoms with Gasteiger partial charge in [0, 0.05) is 30.9 Å². The molecule has 5 nitrogen and oxygen atoms in total. The van der Waals surface area contributed by atoms with Crippen molar-refractivity contribution in [1.82, 2.24) is 5.32 Å². The van der Waals surface area contributed by atoms with E-state index in [0.29, 0.717) is 13.3 Å². The number of benzene rings is 2. The van der Waals surface area contributed by atoms with Crippen molar-refractivity contribution in [2.45, 2.75) is 25.8 Å². The largest absolute Gasteiger partial charge is 0.454 e. The molecule has 1 fully saturated rings. The number of nitrogens with one attached hydrogen (secondary N) is 2. The number of hydrogen-bond donors (Lipinski definition) is 2. The van der Waals surface area contributed by atoms with E-state index in [1.165, 1.54) is 16.0 Å². The Morgan fingerprint density at radius 1 is 1.00 bits per heavy atom. The Bertz CT molecular complexity index is 770. The number of ether oxygens (including phenoxy) is 2. The van der Waals surface area contributed by atoms with Crippen molar-refractivity contribution < 1.29 is 19.2 Å². The number of carbonyl (C=O) groups is 1. The normalized spacial score (nSPS) is 21.0. The minimum atomic E-state index is 0.154. The molecule has 2 N–H and O–H groups in total. The summed E-state index contributed by atoms with van der Waals surface area (Å²) < 4.78 is 10.8. The average molecular weight is 367 g/mol. The molecular weight excluding hydrogens is 340 g/mol. The van der Waals surface area contributed by atoms with Crippen LogP contribution in [0, 0.1) is 5.92 Å². The Morgan fingerprint density at radius 2 is 1.78 bits per heavy atom. The lowest BCUT2D eigenvalue weighted by atomic mass is 9.95. The molecule has 142 valence electrons. The maximum Gasteiger partial charge on any atom is 0.231 e. The van der Waals surface area contributed by atoms with Gasteiger partial charge in [0.15, 0.2) is 11.5 Å². The van der Waals surface area contributed by atoms with Gasteiger partial charge in [0.05, 0.1) is 13.1 Å². The zero-order valence-corrected chi connectivity index (χ0v) is 15.6. The highest BCUT2D eigenvalue weighted by molar-refractivity contribution is 5.78. The molecule has 0 aromatic heterocycles. The molecule has 2 aromatic rings. The highest BCUT2D eigenvalue weighted by atomic mass is 16.7. The second kappa shape index (κ2) is 8.44. The van der Waals surface area contributed by atoms with Gasteiger partial charge >= 0.3 is 0 Å². The Hall–Kier alpha value is -2.53. The van der Waals surface area contributed by atoms with Gasteiger partial charge in [-0.3, -0.25) is 4.79 Å². The maximum absolute atomic E-state index is 12.4. The molecule has 0 radical (unpaired) electrons. The number of hydrogen-bond acceptors (Lipinski definition) is 3. The van der Waals surface area contributed by atoms with Crippen LogP contribution in [-0.2, 0) is 17.8 Å². The molecule has 2 aliphatic rings. The smallest absolute Gasteiger partial charge is 0.231 e. The number of piperidine rings is 1. The third kappa shape index (κ3) is 4.61. The highest BCUT2D eigenvalue weighted by Gasteiger charge is 2.27. The first kappa shape index (κ1) is 17.9. The Morgan fingerprint density at radius 3 is 2.59 bits per heavy atom. The summed E-state index contributed by atoms with van der Waals surface area (Å²) >= 11 is 0. The van der Waals surface area contributed by atoms with Gasteiger partial charge in [-0.25, -0.2) is 0 Å². The lowest BCUT2D eigenvalue weighted by Gasteiger charge is -2.28. The van der Waals surface area contributed by atoms with Crippen molar-refractivity contribution in [2.75, 3.05) is 26.4 Å². The summed E-state index contributed by atoms with van der Waals surface area (Å²) in [6.45, 7) is 4.07.